The quantitative estimate of drug-likeness (QED) is 0.683. The number of thiazole rings is 1. The summed E-state index contributed by atoms with van der Waals surface area (Å²) in [5, 5.41) is 2.65. The molecule has 0 amide bonds. The van der Waals surface area contributed by atoms with Crippen molar-refractivity contribution in [2.75, 3.05) is 12.8 Å². The van der Waals surface area contributed by atoms with Crippen LogP contribution in [-0.4, -0.2) is 18.1 Å². The molecule has 0 spiro atoms. The molecule has 4 nitrogen and oxygen atoms in total. The molecule has 0 aromatic carbocycles. The minimum Gasteiger partial charge on any atom is -0.466 e. The van der Waals surface area contributed by atoms with Crippen LogP contribution in [0.25, 0.3) is 0 Å². The predicted molar refractivity (Wildman–Crippen MR) is 77.0 cm³/mol. The summed E-state index contributed by atoms with van der Waals surface area (Å²) < 4.78 is 4.66. The van der Waals surface area contributed by atoms with Crippen LogP contribution in [0, 0.1) is 5.92 Å². The summed E-state index contributed by atoms with van der Waals surface area (Å²) in [5.74, 6) is 0.00700. The third-order valence-corrected chi connectivity index (χ3v) is 4.73. The van der Waals surface area contributed by atoms with Crippen LogP contribution in [0.1, 0.15) is 38.3 Å². The Balaban J connectivity index is 2.24. The van der Waals surface area contributed by atoms with Gasteiger partial charge >= 0.3 is 5.97 Å². The Morgan fingerprint density at radius 3 is 3.05 bits per heavy atom. The molecule has 0 bridgehead atoms. The lowest BCUT2D eigenvalue weighted by Gasteiger charge is -2.39. The molecule has 5 heteroatoms. The van der Waals surface area contributed by atoms with Crippen LogP contribution in [0.3, 0.4) is 0 Å². The fourth-order valence-electron chi connectivity index (χ4n) is 2.80. The number of esters is 1. The summed E-state index contributed by atoms with van der Waals surface area (Å²) in [7, 11) is 1.40. The number of hydrogen-bond donors (Lipinski definition) is 1. The van der Waals surface area contributed by atoms with Crippen molar-refractivity contribution in [2.45, 2.75) is 38.0 Å². The standard InChI is InChI=1S/C14H20N2O2S/c1-14(11-9-19-13(15)16-11)8-4-3-5-10(14)6-7-12(17)18-2/h6-7,9-10H,3-5,8H2,1-2H3,(H2,15,16)/b7-6-. The second-order valence-electron chi connectivity index (χ2n) is 5.22. The van der Waals surface area contributed by atoms with Gasteiger partial charge in [-0.2, -0.15) is 0 Å². The second-order valence-corrected chi connectivity index (χ2v) is 6.11. The van der Waals surface area contributed by atoms with Gasteiger partial charge in [-0.25, -0.2) is 9.78 Å². The highest BCUT2D eigenvalue weighted by atomic mass is 32.1. The molecule has 1 aliphatic rings. The Hall–Kier alpha value is -1.36. The zero-order chi connectivity index (χ0) is 13.9. The molecule has 0 saturated heterocycles. The Labute approximate surface area is 117 Å². The fourth-order valence-corrected chi connectivity index (χ4v) is 3.51. The van der Waals surface area contributed by atoms with E-state index in [0.29, 0.717) is 11.0 Å². The van der Waals surface area contributed by atoms with Crippen molar-refractivity contribution in [3.63, 3.8) is 0 Å². The predicted octanol–water partition coefficient (Wildman–Crippen LogP) is 2.90. The van der Waals surface area contributed by atoms with E-state index in [-0.39, 0.29) is 11.4 Å². The zero-order valence-corrected chi connectivity index (χ0v) is 12.2. The number of rotatable bonds is 3. The number of nitrogens with two attached hydrogens (primary N) is 1. The van der Waals surface area contributed by atoms with Crippen molar-refractivity contribution in [3.8, 4) is 0 Å². The van der Waals surface area contributed by atoms with Gasteiger partial charge in [-0.15, -0.1) is 11.3 Å². The van der Waals surface area contributed by atoms with Crippen LogP contribution >= 0.6 is 11.3 Å². The number of anilines is 1. The SMILES string of the molecule is COC(=O)/C=C\C1CCCCC1(C)c1csc(N)n1. The van der Waals surface area contributed by atoms with Gasteiger partial charge in [-0.1, -0.05) is 25.8 Å². The summed E-state index contributed by atoms with van der Waals surface area (Å²) in [4.78, 5) is 15.7. The molecule has 1 saturated carbocycles. The molecule has 1 aliphatic carbocycles. The lowest BCUT2D eigenvalue weighted by atomic mass is 9.66. The Bertz CT molecular complexity index is 484. The molecular formula is C14H20N2O2S. The summed E-state index contributed by atoms with van der Waals surface area (Å²) >= 11 is 1.48. The third-order valence-electron chi connectivity index (χ3n) is 4.05. The van der Waals surface area contributed by atoms with E-state index in [1.165, 1.54) is 37.4 Å². The van der Waals surface area contributed by atoms with E-state index in [1.807, 2.05) is 11.5 Å². The van der Waals surface area contributed by atoms with E-state index < -0.39 is 0 Å². The van der Waals surface area contributed by atoms with Gasteiger partial charge in [-0.05, 0) is 18.8 Å². The lowest BCUT2D eigenvalue weighted by molar-refractivity contribution is -0.134. The average Bonchev–Trinajstić information content (AvgIpc) is 2.84. The summed E-state index contributed by atoms with van der Waals surface area (Å²) in [5.41, 5.74) is 6.77. The van der Waals surface area contributed by atoms with Crippen LogP contribution in [-0.2, 0) is 14.9 Å². The van der Waals surface area contributed by atoms with Gasteiger partial charge in [0.2, 0.25) is 0 Å². The smallest absolute Gasteiger partial charge is 0.330 e. The lowest BCUT2D eigenvalue weighted by Crippen LogP contribution is -2.34. The van der Waals surface area contributed by atoms with Crippen molar-refractivity contribution in [3.05, 3.63) is 23.2 Å². The number of allylic oxidation sites excluding steroid dienone is 1. The van der Waals surface area contributed by atoms with Gasteiger partial charge in [-0.3, -0.25) is 0 Å². The van der Waals surface area contributed by atoms with E-state index in [1.54, 1.807) is 0 Å². The number of nitrogens with zero attached hydrogens (tertiary/aromatic N) is 1. The maximum Gasteiger partial charge on any atom is 0.330 e. The summed E-state index contributed by atoms with van der Waals surface area (Å²) in [6.45, 7) is 2.22. The highest BCUT2D eigenvalue weighted by Gasteiger charge is 2.38. The second kappa shape index (κ2) is 5.74. The van der Waals surface area contributed by atoms with Gasteiger partial charge < -0.3 is 10.5 Å². The Kier molecular flexibility index (Phi) is 4.24. The van der Waals surface area contributed by atoms with Crippen molar-refractivity contribution < 1.29 is 9.53 Å². The number of nitrogen functional groups attached to an aromatic ring is 1. The third kappa shape index (κ3) is 2.97. The number of carbonyl (C=O) groups excluding carboxylic acids is 1. The fraction of sp³-hybridized carbons (Fsp3) is 0.571. The molecule has 2 N–H and O–H groups in total. The van der Waals surface area contributed by atoms with E-state index >= 15 is 0 Å². The van der Waals surface area contributed by atoms with E-state index in [2.05, 4.69) is 16.6 Å². The first kappa shape index (κ1) is 14.1. The maximum atomic E-state index is 11.3. The molecule has 1 fully saturated rings. The minimum absolute atomic E-state index is 0.0309. The van der Waals surface area contributed by atoms with Crippen molar-refractivity contribution in [1.29, 1.82) is 0 Å². The average molecular weight is 280 g/mol. The van der Waals surface area contributed by atoms with Crippen molar-refractivity contribution >= 4 is 22.4 Å². The molecule has 1 aromatic rings. The molecule has 19 heavy (non-hydrogen) atoms. The molecular weight excluding hydrogens is 260 g/mol. The molecule has 2 unspecified atom stereocenters. The molecule has 1 aromatic heterocycles. The highest BCUT2D eigenvalue weighted by molar-refractivity contribution is 7.13. The van der Waals surface area contributed by atoms with Crippen LogP contribution in [0.5, 0.6) is 0 Å². The number of hydrogen-bond acceptors (Lipinski definition) is 5. The van der Waals surface area contributed by atoms with Gasteiger partial charge in [0.05, 0.1) is 12.8 Å². The first-order valence-corrected chi connectivity index (χ1v) is 7.42. The molecule has 104 valence electrons. The van der Waals surface area contributed by atoms with Crippen LogP contribution in [0.4, 0.5) is 5.13 Å². The number of ether oxygens (including phenoxy) is 1. The Morgan fingerprint density at radius 2 is 2.42 bits per heavy atom. The monoisotopic (exact) mass is 280 g/mol. The van der Waals surface area contributed by atoms with Crippen LogP contribution in [0.2, 0.25) is 0 Å². The zero-order valence-electron chi connectivity index (χ0n) is 11.4. The molecule has 0 aliphatic heterocycles. The Morgan fingerprint density at radius 1 is 1.63 bits per heavy atom. The normalized spacial score (nSPS) is 27.6. The van der Waals surface area contributed by atoms with Crippen molar-refractivity contribution in [2.24, 2.45) is 5.92 Å². The van der Waals surface area contributed by atoms with Crippen LogP contribution < -0.4 is 5.73 Å². The summed E-state index contributed by atoms with van der Waals surface area (Å²) in [6, 6.07) is 0. The van der Waals surface area contributed by atoms with Crippen molar-refractivity contribution in [1.82, 2.24) is 4.98 Å². The molecule has 2 atom stereocenters. The van der Waals surface area contributed by atoms with Gasteiger partial charge in [0.15, 0.2) is 5.13 Å². The topological polar surface area (TPSA) is 65.2 Å². The first-order valence-electron chi connectivity index (χ1n) is 6.54. The maximum absolute atomic E-state index is 11.3. The van der Waals surface area contributed by atoms with Gasteiger partial charge in [0.1, 0.15) is 0 Å². The highest BCUT2D eigenvalue weighted by Crippen LogP contribution is 2.44. The molecule has 2 rings (SSSR count). The molecule has 0 radical (unpaired) electrons. The number of methoxy groups -OCH3 is 1. The molecule has 1 heterocycles. The van der Waals surface area contributed by atoms with Crippen LogP contribution in [0.15, 0.2) is 17.5 Å². The number of carbonyl (C=O) groups is 1. The van der Waals surface area contributed by atoms with E-state index in [9.17, 15) is 4.79 Å². The van der Waals surface area contributed by atoms with E-state index in [0.717, 1.165) is 18.5 Å². The van der Waals surface area contributed by atoms with Gasteiger partial charge in [0.25, 0.3) is 0 Å². The first-order chi connectivity index (χ1) is 9.06. The summed E-state index contributed by atoms with van der Waals surface area (Å²) in [6.07, 6.45) is 8.03. The van der Waals surface area contributed by atoms with Gasteiger partial charge in [0, 0.05) is 16.9 Å². The largest absolute Gasteiger partial charge is 0.466 e. The van der Waals surface area contributed by atoms with E-state index in [4.69, 9.17) is 5.73 Å². The number of aromatic nitrogens is 1. The minimum atomic E-state index is -0.300.